The van der Waals surface area contributed by atoms with Gasteiger partial charge in [-0.2, -0.15) is 0 Å². The first-order valence-corrected chi connectivity index (χ1v) is 6.57. The average Bonchev–Trinajstić information content (AvgIpc) is 2.98. The first kappa shape index (κ1) is 13.6. The number of aromatic nitrogens is 1. The highest BCUT2D eigenvalue weighted by Gasteiger charge is 2.22. The molecule has 1 aromatic heterocycles. The zero-order chi connectivity index (χ0) is 14.0. The quantitative estimate of drug-likeness (QED) is 0.783. The Morgan fingerprint density at radius 2 is 1.84 bits per heavy atom. The van der Waals surface area contributed by atoms with Gasteiger partial charge in [0.05, 0.1) is 5.56 Å². The van der Waals surface area contributed by atoms with E-state index in [4.69, 9.17) is 4.74 Å². The van der Waals surface area contributed by atoms with E-state index in [-0.39, 0.29) is 5.91 Å². The zero-order valence-electron chi connectivity index (χ0n) is 11.7. The van der Waals surface area contributed by atoms with Crippen molar-refractivity contribution >= 4 is 12.0 Å². The Balaban J connectivity index is 2.06. The number of likely N-dealkylation sites (tertiary alicyclic amines) is 1. The molecule has 19 heavy (non-hydrogen) atoms. The van der Waals surface area contributed by atoms with Crippen LogP contribution in [0.2, 0.25) is 0 Å². The minimum Gasteiger partial charge on any atom is -0.443 e. The summed E-state index contributed by atoms with van der Waals surface area (Å²) in [6.45, 7) is 7.03. The summed E-state index contributed by atoms with van der Waals surface area (Å²) < 4.78 is 6.56. The van der Waals surface area contributed by atoms with Gasteiger partial charge in [-0.3, -0.25) is 9.36 Å². The number of carbonyl (C=O) groups is 2. The van der Waals surface area contributed by atoms with Gasteiger partial charge in [-0.1, -0.05) is 0 Å². The standard InChI is InChI=1S/C14H20N2O3/c1-14(2,3)19-13(18)16-9-6-11(10-16)12(17)15-7-4-5-8-15/h6,9-10H,4-5,7-8H2,1-3H3. The Kier molecular flexibility index (Phi) is 3.64. The molecule has 1 saturated heterocycles. The van der Waals surface area contributed by atoms with Crippen LogP contribution in [0.5, 0.6) is 0 Å². The third-order valence-electron chi connectivity index (χ3n) is 2.94. The van der Waals surface area contributed by atoms with E-state index in [1.54, 1.807) is 12.3 Å². The molecule has 1 aliphatic heterocycles. The number of rotatable bonds is 1. The smallest absolute Gasteiger partial charge is 0.418 e. The second-order valence-corrected chi connectivity index (χ2v) is 5.79. The third kappa shape index (κ3) is 3.36. The highest BCUT2D eigenvalue weighted by molar-refractivity contribution is 5.95. The Bertz CT molecular complexity index is 479. The van der Waals surface area contributed by atoms with E-state index in [2.05, 4.69) is 0 Å². The Labute approximate surface area is 113 Å². The molecule has 0 radical (unpaired) electrons. The van der Waals surface area contributed by atoms with Gasteiger partial charge in [-0.15, -0.1) is 0 Å². The molecule has 0 saturated carbocycles. The molecule has 0 bridgehead atoms. The van der Waals surface area contributed by atoms with Gasteiger partial charge in [-0.05, 0) is 39.7 Å². The van der Waals surface area contributed by atoms with Crippen molar-refractivity contribution in [3.63, 3.8) is 0 Å². The van der Waals surface area contributed by atoms with Crippen molar-refractivity contribution in [3.05, 3.63) is 24.0 Å². The maximum Gasteiger partial charge on any atom is 0.418 e. The van der Waals surface area contributed by atoms with Gasteiger partial charge in [0, 0.05) is 25.5 Å². The molecule has 1 aliphatic rings. The van der Waals surface area contributed by atoms with Gasteiger partial charge in [0.25, 0.3) is 5.91 Å². The number of hydrogen-bond acceptors (Lipinski definition) is 3. The van der Waals surface area contributed by atoms with Crippen LogP contribution < -0.4 is 0 Å². The van der Waals surface area contributed by atoms with Gasteiger partial charge in [0.2, 0.25) is 0 Å². The van der Waals surface area contributed by atoms with E-state index in [1.807, 2.05) is 25.7 Å². The van der Waals surface area contributed by atoms with Crippen LogP contribution in [-0.4, -0.2) is 40.2 Å². The van der Waals surface area contributed by atoms with Crippen molar-refractivity contribution < 1.29 is 14.3 Å². The number of carbonyl (C=O) groups excluding carboxylic acids is 2. The van der Waals surface area contributed by atoms with Crippen LogP contribution in [0, 0.1) is 0 Å². The summed E-state index contributed by atoms with van der Waals surface area (Å²) in [5.74, 6) is -0.0141. The number of nitrogens with zero attached hydrogens (tertiary/aromatic N) is 2. The van der Waals surface area contributed by atoms with Crippen LogP contribution in [0.3, 0.4) is 0 Å². The molecular formula is C14H20N2O3. The summed E-state index contributed by atoms with van der Waals surface area (Å²) >= 11 is 0. The lowest BCUT2D eigenvalue weighted by Crippen LogP contribution is -2.28. The molecule has 5 heteroatoms. The molecule has 0 aliphatic carbocycles. The fourth-order valence-corrected chi connectivity index (χ4v) is 2.05. The summed E-state index contributed by atoms with van der Waals surface area (Å²) in [6.07, 6.45) is 4.75. The molecule has 0 unspecified atom stereocenters. The molecule has 1 amide bonds. The van der Waals surface area contributed by atoms with Crippen molar-refractivity contribution in [2.45, 2.75) is 39.2 Å². The van der Waals surface area contributed by atoms with Crippen LogP contribution in [0.15, 0.2) is 18.5 Å². The fourth-order valence-electron chi connectivity index (χ4n) is 2.05. The summed E-state index contributed by atoms with van der Waals surface area (Å²) in [5.41, 5.74) is -0.00623. The van der Waals surface area contributed by atoms with E-state index in [0.29, 0.717) is 5.56 Å². The van der Waals surface area contributed by atoms with Crippen LogP contribution in [-0.2, 0) is 4.74 Å². The maximum absolute atomic E-state index is 12.1. The van der Waals surface area contributed by atoms with Crippen LogP contribution in [0.4, 0.5) is 4.79 Å². The van der Waals surface area contributed by atoms with Crippen molar-refractivity contribution in [1.82, 2.24) is 9.47 Å². The van der Waals surface area contributed by atoms with Crippen molar-refractivity contribution in [3.8, 4) is 0 Å². The minimum absolute atomic E-state index is 0.0141. The predicted molar refractivity (Wildman–Crippen MR) is 71.2 cm³/mol. The first-order chi connectivity index (χ1) is 8.87. The largest absolute Gasteiger partial charge is 0.443 e. The van der Waals surface area contributed by atoms with Crippen molar-refractivity contribution in [1.29, 1.82) is 0 Å². The van der Waals surface area contributed by atoms with Crippen molar-refractivity contribution in [2.24, 2.45) is 0 Å². The molecule has 104 valence electrons. The molecule has 0 aromatic carbocycles. The highest BCUT2D eigenvalue weighted by atomic mass is 16.6. The van der Waals surface area contributed by atoms with Crippen molar-refractivity contribution in [2.75, 3.05) is 13.1 Å². The average molecular weight is 264 g/mol. The Hall–Kier alpha value is -1.78. The molecule has 2 rings (SSSR count). The number of hydrogen-bond donors (Lipinski definition) is 0. The maximum atomic E-state index is 12.1. The van der Waals surface area contributed by atoms with Crippen LogP contribution in [0.1, 0.15) is 44.0 Å². The Morgan fingerprint density at radius 1 is 1.21 bits per heavy atom. The highest BCUT2D eigenvalue weighted by Crippen LogP contribution is 2.14. The molecular weight excluding hydrogens is 244 g/mol. The van der Waals surface area contributed by atoms with Crippen LogP contribution in [0.25, 0.3) is 0 Å². The third-order valence-corrected chi connectivity index (χ3v) is 2.94. The number of amides is 1. The van der Waals surface area contributed by atoms with Gasteiger partial charge in [-0.25, -0.2) is 4.79 Å². The summed E-state index contributed by atoms with van der Waals surface area (Å²) in [7, 11) is 0. The molecule has 0 atom stereocenters. The first-order valence-electron chi connectivity index (χ1n) is 6.57. The molecule has 0 spiro atoms. The van der Waals surface area contributed by atoms with Gasteiger partial charge in [0.15, 0.2) is 0 Å². The number of ether oxygens (including phenoxy) is 1. The molecule has 1 aromatic rings. The van der Waals surface area contributed by atoms with E-state index >= 15 is 0 Å². The van der Waals surface area contributed by atoms with Gasteiger partial charge in [0.1, 0.15) is 5.60 Å². The van der Waals surface area contributed by atoms with E-state index in [0.717, 1.165) is 25.9 Å². The van der Waals surface area contributed by atoms with E-state index in [1.165, 1.54) is 10.8 Å². The second-order valence-electron chi connectivity index (χ2n) is 5.79. The van der Waals surface area contributed by atoms with Crippen LogP contribution >= 0.6 is 0 Å². The van der Waals surface area contributed by atoms with E-state index < -0.39 is 11.7 Å². The van der Waals surface area contributed by atoms with Gasteiger partial charge < -0.3 is 9.64 Å². The molecule has 1 fully saturated rings. The normalized spacial score (nSPS) is 15.6. The SMILES string of the molecule is CC(C)(C)OC(=O)n1ccc(C(=O)N2CCCC2)c1. The summed E-state index contributed by atoms with van der Waals surface area (Å²) in [4.78, 5) is 25.8. The minimum atomic E-state index is -0.541. The summed E-state index contributed by atoms with van der Waals surface area (Å²) in [6, 6.07) is 1.66. The summed E-state index contributed by atoms with van der Waals surface area (Å²) in [5, 5.41) is 0. The molecule has 2 heterocycles. The monoisotopic (exact) mass is 264 g/mol. The lowest BCUT2D eigenvalue weighted by molar-refractivity contribution is 0.0537. The Morgan fingerprint density at radius 3 is 2.42 bits per heavy atom. The topological polar surface area (TPSA) is 51.5 Å². The molecule has 5 nitrogen and oxygen atoms in total. The second kappa shape index (κ2) is 5.07. The van der Waals surface area contributed by atoms with E-state index in [9.17, 15) is 9.59 Å². The van der Waals surface area contributed by atoms with Gasteiger partial charge >= 0.3 is 6.09 Å². The fraction of sp³-hybridized carbons (Fsp3) is 0.571. The lowest BCUT2D eigenvalue weighted by Gasteiger charge is -2.19. The molecule has 0 N–H and O–H groups in total. The predicted octanol–water partition coefficient (Wildman–Crippen LogP) is 2.51. The lowest BCUT2D eigenvalue weighted by atomic mass is 10.2. The zero-order valence-corrected chi connectivity index (χ0v) is 11.7.